The minimum atomic E-state index is 0.724. The maximum atomic E-state index is 5.42. The van der Waals surface area contributed by atoms with Gasteiger partial charge in [0.2, 0.25) is 0 Å². The molecule has 0 aromatic heterocycles. The van der Waals surface area contributed by atoms with Gasteiger partial charge in [0.15, 0.2) is 0 Å². The van der Waals surface area contributed by atoms with Gasteiger partial charge in [-0.25, -0.2) is 0 Å². The van der Waals surface area contributed by atoms with E-state index in [0.717, 1.165) is 45.3 Å². The van der Waals surface area contributed by atoms with E-state index in [0.29, 0.717) is 0 Å². The molecule has 3 nitrogen and oxygen atoms in total. The number of benzene rings is 1. The second-order valence-electron chi connectivity index (χ2n) is 5.37. The number of fused-ring (bicyclic) bond motifs is 1. The van der Waals surface area contributed by atoms with Crippen LogP contribution in [0.2, 0.25) is 0 Å². The molecule has 0 unspecified atom stereocenters. The zero-order chi connectivity index (χ0) is 12.8. The molecule has 0 amide bonds. The molecule has 3 heteroatoms. The largest absolute Gasteiger partial charge is 0.372 e. The lowest BCUT2D eigenvalue weighted by Gasteiger charge is -2.09. The molecule has 2 rings (SSSR count). The van der Waals surface area contributed by atoms with Crippen molar-refractivity contribution in [3.8, 4) is 0 Å². The Morgan fingerprint density at radius 2 is 1.89 bits per heavy atom. The molecule has 0 atom stereocenters. The summed E-state index contributed by atoms with van der Waals surface area (Å²) in [6.45, 7) is 10.1. The van der Waals surface area contributed by atoms with E-state index in [2.05, 4.69) is 42.7 Å². The molecule has 1 aliphatic heterocycles. The van der Waals surface area contributed by atoms with E-state index in [1.165, 1.54) is 16.7 Å². The van der Waals surface area contributed by atoms with E-state index in [9.17, 15) is 0 Å². The topological polar surface area (TPSA) is 33.3 Å². The number of nitrogens with one attached hydrogen (secondary N) is 2. The summed E-state index contributed by atoms with van der Waals surface area (Å²) in [6.07, 6.45) is 0. The molecule has 2 N–H and O–H groups in total. The number of rotatable bonds is 7. The van der Waals surface area contributed by atoms with Crippen LogP contribution >= 0.6 is 0 Å². The van der Waals surface area contributed by atoms with Crippen LogP contribution in [0, 0.1) is 5.92 Å². The van der Waals surface area contributed by atoms with Crippen molar-refractivity contribution in [2.75, 3.05) is 19.6 Å². The highest BCUT2D eigenvalue weighted by Gasteiger charge is 2.10. The van der Waals surface area contributed by atoms with Crippen LogP contribution in [-0.2, 0) is 24.5 Å². The van der Waals surface area contributed by atoms with Crippen molar-refractivity contribution >= 4 is 0 Å². The van der Waals surface area contributed by atoms with Crippen LogP contribution in [-0.4, -0.2) is 19.6 Å². The molecule has 100 valence electrons. The summed E-state index contributed by atoms with van der Waals surface area (Å²) in [5, 5.41) is 6.89. The fourth-order valence-corrected chi connectivity index (χ4v) is 2.14. The lowest BCUT2D eigenvalue weighted by atomic mass is 10.1. The summed E-state index contributed by atoms with van der Waals surface area (Å²) in [4.78, 5) is 0. The third kappa shape index (κ3) is 4.09. The molecule has 18 heavy (non-hydrogen) atoms. The third-order valence-corrected chi connectivity index (χ3v) is 3.15. The molecule has 1 aliphatic rings. The molecular formula is C15H24N2O. The van der Waals surface area contributed by atoms with E-state index in [1.807, 2.05) is 0 Å². The highest BCUT2D eigenvalue weighted by atomic mass is 16.5. The molecule has 0 aliphatic carbocycles. The van der Waals surface area contributed by atoms with Gasteiger partial charge in [-0.2, -0.15) is 0 Å². The van der Waals surface area contributed by atoms with Crippen LogP contribution in [0.4, 0.5) is 0 Å². The quantitative estimate of drug-likeness (QED) is 0.725. The van der Waals surface area contributed by atoms with E-state index >= 15 is 0 Å². The van der Waals surface area contributed by atoms with Gasteiger partial charge in [-0.15, -0.1) is 0 Å². The van der Waals surface area contributed by atoms with Crippen molar-refractivity contribution in [2.45, 2.75) is 33.6 Å². The maximum absolute atomic E-state index is 5.42. The van der Waals surface area contributed by atoms with Crippen LogP contribution in [0.1, 0.15) is 30.5 Å². The van der Waals surface area contributed by atoms with Crippen molar-refractivity contribution in [3.63, 3.8) is 0 Å². The highest BCUT2D eigenvalue weighted by Crippen LogP contribution is 2.20. The van der Waals surface area contributed by atoms with Crippen LogP contribution in [0.25, 0.3) is 0 Å². The number of hydrogen-bond donors (Lipinski definition) is 2. The third-order valence-electron chi connectivity index (χ3n) is 3.15. The van der Waals surface area contributed by atoms with Crippen LogP contribution < -0.4 is 10.6 Å². The Kier molecular flexibility index (Phi) is 5.17. The van der Waals surface area contributed by atoms with E-state index in [4.69, 9.17) is 4.74 Å². The first-order chi connectivity index (χ1) is 8.75. The first-order valence-corrected chi connectivity index (χ1v) is 6.85. The fraction of sp³-hybridized carbons (Fsp3) is 0.600. The van der Waals surface area contributed by atoms with Gasteiger partial charge in [-0.3, -0.25) is 0 Å². The smallest absolute Gasteiger partial charge is 0.0725 e. The maximum Gasteiger partial charge on any atom is 0.0725 e. The van der Waals surface area contributed by atoms with Crippen molar-refractivity contribution in [3.05, 3.63) is 34.9 Å². The second-order valence-corrected chi connectivity index (χ2v) is 5.37. The lowest BCUT2D eigenvalue weighted by Crippen LogP contribution is -2.29. The van der Waals surface area contributed by atoms with Crippen LogP contribution in [0.3, 0.4) is 0 Å². The molecule has 0 saturated heterocycles. The summed E-state index contributed by atoms with van der Waals surface area (Å²) in [6, 6.07) is 6.65. The average Bonchev–Trinajstić information content (AvgIpc) is 2.80. The van der Waals surface area contributed by atoms with Crippen molar-refractivity contribution in [1.82, 2.24) is 10.6 Å². The van der Waals surface area contributed by atoms with Gasteiger partial charge in [0.05, 0.1) is 13.2 Å². The van der Waals surface area contributed by atoms with Gasteiger partial charge < -0.3 is 15.4 Å². The van der Waals surface area contributed by atoms with E-state index < -0.39 is 0 Å². The average molecular weight is 248 g/mol. The second kappa shape index (κ2) is 6.88. The summed E-state index contributed by atoms with van der Waals surface area (Å²) < 4.78 is 5.42. The monoisotopic (exact) mass is 248 g/mol. The fourth-order valence-electron chi connectivity index (χ4n) is 2.14. The van der Waals surface area contributed by atoms with Crippen LogP contribution in [0.15, 0.2) is 18.2 Å². The predicted octanol–water partition coefficient (Wildman–Crippen LogP) is 2.05. The Bertz CT molecular complexity index is 377. The van der Waals surface area contributed by atoms with Gasteiger partial charge in [0.1, 0.15) is 0 Å². The molecule has 0 bridgehead atoms. The minimum absolute atomic E-state index is 0.724. The van der Waals surface area contributed by atoms with Crippen molar-refractivity contribution < 1.29 is 4.74 Å². The van der Waals surface area contributed by atoms with Crippen LogP contribution in [0.5, 0.6) is 0 Å². The Morgan fingerprint density at radius 3 is 2.72 bits per heavy atom. The molecule has 0 spiro atoms. The molecule has 0 fully saturated rings. The zero-order valence-corrected chi connectivity index (χ0v) is 11.5. The number of hydrogen-bond acceptors (Lipinski definition) is 3. The molecular weight excluding hydrogens is 224 g/mol. The molecule has 0 radical (unpaired) electrons. The first-order valence-electron chi connectivity index (χ1n) is 6.85. The number of ether oxygens (including phenoxy) is 1. The normalized spacial score (nSPS) is 14.2. The van der Waals surface area contributed by atoms with Crippen molar-refractivity contribution in [1.29, 1.82) is 0 Å². The Labute approximate surface area is 110 Å². The lowest BCUT2D eigenvalue weighted by molar-refractivity contribution is 0.134. The summed E-state index contributed by atoms with van der Waals surface area (Å²) >= 11 is 0. The Balaban J connectivity index is 1.65. The van der Waals surface area contributed by atoms with E-state index in [1.54, 1.807) is 0 Å². The van der Waals surface area contributed by atoms with Gasteiger partial charge >= 0.3 is 0 Å². The SMILES string of the molecule is CC(C)CNCCNCc1ccc2c(c1)COC2. The zero-order valence-electron chi connectivity index (χ0n) is 11.5. The minimum Gasteiger partial charge on any atom is -0.372 e. The Morgan fingerprint density at radius 1 is 1.11 bits per heavy atom. The molecule has 0 saturated carbocycles. The molecule has 1 aromatic rings. The molecule has 1 heterocycles. The first kappa shape index (κ1) is 13.5. The summed E-state index contributed by atoms with van der Waals surface area (Å²) in [5.74, 6) is 0.724. The van der Waals surface area contributed by atoms with Crippen molar-refractivity contribution in [2.24, 2.45) is 5.92 Å². The van der Waals surface area contributed by atoms with Gasteiger partial charge in [-0.05, 0) is 29.2 Å². The molecule has 1 aromatic carbocycles. The van der Waals surface area contributed by atoms with Gasteiger partial charge in [0.25, 0.3) is 0 Å². The summed E-state index contributed by atoms with van der Waals surface area (Å²) in [7, 11) is 0. The predicted molar refractivity (Wildman–Crippen MR) is 74.3 cm³/mol. The Hall–Kier alpha value is -0.900. The van der Waals surface area contributed by atoms with Gasteiger partial charge in [-0.1, -0.05) is 32.0 Å². The summed E-state index contributed by atoms with van der Waals surface area (Å²) in [5.41, 5.74) is 4.05. The highest BCUT2D eigenvalue weighted by molar-refractivity contribution is 5.33. The van der Waals surface area contributed by atoms with Gasteiger partial charge in [0, 0.05) is 19.6 Å². The standard InChI is InChI=1S/C15H24N2O/c1-12(2)8-16-5-6-17-9-13-3-4-14-10-18-11-15(14)7-13/h3-4,7,12,16-17H,5-6,8-11H2,1-2H3. The van der Waals surface area contributed by atoms with E-state index in [-0.39, 0.29) is 0 Å².